The second kappa shape index (κ2) is 6.77. The molecule has 116 valence electrons. The van der Waals surface area contributed by atoms with Crippen molar-refractivity contribution in [1.29, 1.82) is 5.26 Å². The normalized spacial score (nSPS) is 24.4. The summed E-state index contributed by atoms with van der Waals surface area (Å²) < 4.78 is 38.2. The van der Waals surface area contributed by atoms with Crippen molar-refractivity contribution in [2.75, 3.05) is 19.6 Å². The molecule has 0 saturated carbocycles. The van der Waals surface area contributed by atoms with Gasteiger partial charge in [0.25, 0.3) is 0 Å². The minimum Gasteiger partial charge on any atom is -0.303 e. The van der Waals surface area contributed by atoms with Gasteiger partial charge in [0, 0.05) is 19.1 Å². The fraction of sp³-hybridized carbons (Fsp3) is 0.929. The summed E-state index contributed by atoms with van der Waals surface area (Å²) in [4.78, 5) is 1.83. The van der Waals surface area contributed by atoms with E-state index in [-0.39, 0.29) is 19.0 Å². The van der Waals surface area contributed by atoms with Crippen LogP contribution in [0.25, 0.3) is 0 Å². The summed E-state index contributed by atoms with van der Waals surface area (Å²) in [5.74, 6) is -1.22. The van der Waals surface area contributed by atoms with Gasteiger partial charge in [-0.1, -0.05) is 0 Å². The number of hydrogen-bond acceptors (Lipinski definition) is 3. The van der Waals surface area contributed by atoms with Gasteiger partial charge in [0.1, 0.15) is 5.54 Å². The third kappa shape index (κ3) is 5.29. The Hall–Kier alpha value is -0.800. The molecule has 1 rings (SSSR count). The zero-order valence-electron chi connectivity index (χ0n) is 12.4. The van der Waals surface area contributed by atoms with Crippen LogP contribution in [0.3, 0.4) is 0 Å². The number of halogens is 3. The monoisotopic (exact) mass is 291 g/mol. The molecule has 0 aliphatic carbocycles. The first-order valence-electron chi connectivity index (χ1n) is 7.14. The number of piperidine rings is 1. The highest BCUT2D eigenvalue weighted by atomic mass is 19.4. The molecule has 2 unspecified atom stereocenters. The van der Waals surface area contributed by atoms with Crippen LogP contribution in [0.2, 0.25) is 0 Å². The lowest BCUT2D eigenvalue weighted by atomic mass is 9.94. The third-order valence-corrected chi connectivity index (χ3v) is 3.75. The molecule has 1 fully saturated rings. The lowest BCUT2D eigenvalue weighted by Gasteiger charge is -2.35. The molecule has 1 aliphatic rings. The molecule has 1 aliphatic heterocycles. The Morgan fingerprint density at radius 3 is 2.55 bits per heavy atom. The quantitative estimate of drug-likeness (QED) is 0.846. The first kappa shape index (κ1) is 17.3. The summed E-state index contributed by atoms with van der Waals surface area (Å²) >= 11 is 0. The van der Waals surface area contributed by atoms with Crippen LogP contribution < -0.4 is 5.32 Å². The van der Waals surface area contributed by atoms with E-state index in [2.05, 4.69) is 11.4 Å². The van der Waals surface area contributed by atoms with Gasteiger partial charge in [-0.15, -0.1) is 0 Å². The van der Waals surface area contributed by atoms with E-state index in [1.165, 1.54) is 0 Å². The van der Waals surface area contributed by atoms with Crippen molar-refractivity contribution >= 4 is 0 Å². The second-order valence-electron chi connectivity index (χ2n) is 6.17. The highest BCUT2D eigenvalue weighted by Crippen LogP contribution is 2.33. The number of likely N-dealkylation sites (tertiary alicyclic amines) is 1. The first-order valence-corrected chi connectivity index (χ1v) is 7.14. The van der Waals surface area contributed by atoms with Crippen LogP contribution in [-0.4, -0.2) is 42.3 Å². The van der Waals surface area contributed by atoms with Crippen molar-refractivity contribution in [1.82, 2.24) is 10.2 Å². The Labute approximate surface area is 119 Å². The summed E-state index contributed by atoms with van der Waals surface area (Å²) in [5, 5.41) is 12.4. The predicted molar refractivity (Wildman–Crippen MR) is 72.1 cm³/mol. The van der Waals surface area contributed by atoms with Gasteiger partial charge in [-0.25, -0.2) is 0 Å². The van der Waals surface area contributed by atoms with Crippen LogP contribution >= 0.6 is 0 Å². The highest BCUT2D eigenvalue weighted by Gasteiger charge is 2.41. The van der Waals surface area contributed by atoms with Crippen molar-refractivity contribution in [3.8, 4) is 6.07 Å². The van der Waals surface area contributed by atoms with Gasteiger partial charge in [-0.3, -0.25) is 5.32 Å². The van der Waals surface area contributed by atoms with E-state index in [1.54, 1.807) is 6.92 Å². The van der Waals surface area contributed by atoms with E-state index >= 15 is 0 Å². The Morgan fingerprint density at radius 1 is 1.40 bits per heavy atom. The minimum atomic E-state index is -4.10. The molecule has 6 heteroatoms. The van der Waals surface area contributed by atoms with Crippen molar-refractivity contribution in [2.24, 2.45) is 5.92 Å². The zero-order valence-corrected chi connectivity index (χ0v) is 12.4. The fourth-order valence-electron chi connectivity index (χ4n) is 2.71. The number of nitriles is 1. The molecule has 0 aromatic carbocycles. The van der Waals surface area contributed by atoms with Gasteiger partial charge >= 0.3 is 6.18 Å². The van der Waals surface area contributed by atoms with Gasteiger partial charge in [0.15, 0.2) is 0 Å². The van der Waals surface area contributed by atoms with Crippen LogP contribution in [0.1, 0.15) is 40.0 Å². The van der Waals surface area contributed by atoms with Crippen molar-refractivity contribution in [3.05, 3.63) is 0 Å². The van der Waals surface area contributed by atoms with Crippen LogP contribution in [0, 0.1) is 17.2 Å². The predicted octanol–water partition coefficient (Wildman–Crippen LogP) is 2.93. The second-order valence-corrected chi connectivity index (χ2v) is 6.17. The number of nitrogens with zero attached hydrogens (tertiary/aromatic N) is 2. The molecular formula is C14H24F3N3. The summed E-state index contributed by atoms with van der Waals surface area (Å²) in [5.41, 5.74) is -0.681. The van der Waals surface area contributed by atoms with Gasteiger partial charge in [0.05, 0.1) is 12.0 Å². The molecule has 2 atom stereocenters. The number of rotatable bonds is 5. The molecule has 0 aromatic rings. The van der Waals surface area contributed by atoms with Crippen molar-refractivity contribution < 1.29 is 13.2 Å². The maximum Gasteiger partial charge on any atom is 0.393 e. The average molecular weight is 291 g/mol. The summed E-state index contributed by atoms with van der Waals surface area (Å²) in [6, 6.07) is 2.40. The number of hydrogen-bond donors (Lipinski definition) is 1. The van der Waals surface area contributed by atoms with E-state index in [4.69, 9.17) is 0 Å². The van der Waals surface area contributed by atoms with Gasteiger partial charge in [-0.2, -0.15) is 18.4 Å². The fourth-order valence-corrected chi connectivity index (χ4v) is 2.71. The van der Waals surface area contributed by atoms with Gasteiger partial charge in [-0.05, 0) is 46.6 Å². The van der Waals surface area contributed by atoms with E-state index in [1.807, 2.05) is 18.7 Å². The summed E-state index contributed by atoms with van der Waals surface area (Å²) in [6.45, 7) is 6.99. The number of nitrogens with one attached hydrogen (secondary N) is 1. The Balaban J connectivity index is 2.50. The van der Waals surface area contributed by atoms with Crippen LogP contribution in [0.15, 0.2) is 0 Å². The topological polar surface area (TPSA) is 39.1 Å². The number of alkyl halides is 3. The van der Waals surface area contributed by atoms with Crippen LogP contribution in [0.4, 0.5) is 13.2 Å². The van der Waals surface area contributed by atoms with E-state index in [0.29, 0.717) is 25.9 Å². The molecule has 0 spiro atoms. The van der Waals surface area contributed by atoms with Crippen LogP contribution in [-0.2, 0) is 0 Å². The van der Waals surface area contributed by atoms with Crippen LogP contribution in [0.5, 0.6) is 0 Å². The first-order chi connectivity index (χ1) is 9.16. The van der Waals surface area contributed by atoms with Gasteiger partial charge in [0.2, 0.25) is 0 Å². The van der Waals surface area contributed by atoms with E-state index in [9.17, 15) is 18.4 Å². The van der Waals surface area contributed by atoms with Gasteiger partial charge < -0.3 is 4.90 Å². The summed E-state index contributed by atoms with van der Waals surface area (Å²) in [6.07, 6.45) is -2.77. The molecule has 0 aromatic heterocycles. The maximum absolute atomic E-state index is 12.7. The van der Waals surface area contributed by atoms with Crippen molar-refractivity contribution in [2.45, 2.75) is 57.8 Å². The molecule has 1 N–H and O–H groups in total. The standard InChI is InChI=1S/C14H24F3N3/c1-11(2)19-13(3,10-18)6-8-20-7-4-5-12(9-20)14(15,16)17/h11-12,19H,4-9H2,1-3H3. The molecule has 20 heavy (non-hydrogen) atoms. The van der Waals surface area contributed by atoms with E-state index in [0.717, 1.165) is 0 Å². The smallest absolute Gasteiger partial charge is 0.303 e. The lowest BCUT2D eigenvalue weighted by Crippen LogP contribution is -2.49. The highest BCUT2D eigenvalue weighted by molar-refractivity contribution is 5.04. The Bertz CT molecular complexity index is 349. The Morgan fingerprint density at radius 2 is 2.05 bits per heavy atom. The van der Waals surface area contributed by atoms with E-state index < -0.39 is 17.6 Å². The lowest BCUT2D eigenvalue weighted by molar-refractivity contribution is -0.186. The Kier molecular flexibility index (Phi) is 5.84. The minimum absolute atomic E-state index is 0.0622. The summed E-state index contributed by atoms with van der Waals surface area (Å²) in [7, 11) is 0. The molecule has 1 heterocycles. The maximum atomic E-state index is 12.7. The zero-order chi connectivity index (χ0) is 15.4. The average Bonchev–Trinajstić information content (AvgIpc) is 2.35. The van der Waals surface area contributed by atoms with Crippen molar-refractivity contribution in [3.63, 3.8) is 0 Å². The molecule has 3 nitrogen and oxygen atoms in total. The largest absolute Gasteiger partial charge is 0.393 e. The molecule has 1 saturated heterocycles. The SMILES string of the molecule is CC(C)NC(C)(C#N)CCN1CCCC(C(F)(F)F)C1. The third-order valence-electron chi connectivity index (χ3n) is 3.75. The molecule has 0 bridgehead atoms. The molecular weight excluding hydrogens is 267 g/mol. The molecule has 0 radical (unpaired) electrons. The molecule has 0 amide bonds.